The first-order valence-electron chi connectivity index (χ1n) is 2.76. The highest BCUT2D eigenvalue weighted by molar-refractivity contribution is 5.44. The number of aliphatic imine (C=N–C) groups is 1. The number of hydrogen-bond acceptors (Lipinski definition) is 2. The summed E-state index contributed by atoms with van der Waals surface area (Å²) in [6, 6.07) is 0.459. The van der Waals surface area contributed by atoms with E-state index in [0.717, 1.165) is 0 Å². The lowest BCUT2D eigenvalue weighted by Gasteiger charge is -1.93. The lowest BCUT2D eigenvalue weighted by Crippen LogP contribution is -2.13. The molecule has 3 nitrogen and oxygen atoms in total. The summed E-state index contributed by atoms with van der Waals surface area (Å²) in [5, 5.41) is 4.05. The fourth-order valence-electron chi connectivity index (χ4n) is 0.563. The molecular weight excluding hydrogens is 102 g/mol. The van der Waals surface area contributed by atoms with Gasteiger partial charge >= 0.3 is 6.34 Å². The second-order valence-electron chi connectivity index (χ2n) is 2.05. The summed E-state index contributed by atoms with van der Waals surface area (Å²) in [6.07, 6.45) is 1.77. The summed E-state index contributed by atoms with van der Waals surface area (Å²) < 4.78 is 1.86. The zero-order valence-electron chi connectivity index (χ0n) is 5.20. The molecule has 0 aromatic carbocycles. The zero-order chi connectivity index (χ0) is 5.98. The van der Waals surface area contributed by atoms with Gasteiger partial charge < -0.3 is 0 Å². The van der Waals surface area contributed by atoms with Crippen molar-refractivity contribution in [2.75, 3.05) is 6.67 Å². The maximum atomic E-state index is 4.05. The molecule has 1 heterocycles. The van der Waals surface area contributed by atoms with Crippen LogP contribution in [0.2, 0.25) is 0 Å². The largest absolute Gasteiger partial charge is 0.303 e. The monoisotopic (exact) mass is 112 g/mol. The van der Waals surface area contributed by atoms with Gasteiger partial charge in [-0.3, -0.25) is 0 Å². The molecule has 0 amide bonds. The van der Waals surface area contributed by atoms with Gasteiger partial charge in [0, 0.05) is 0 Å². The molecule has 1 rings (SSSR count). The summed E-state index contributed by atoms with van der Waals surface area (Å²) in [5.74, 6) is 0. The van der Waals surface area contributed by atoms with Gasteiger partial charge in [0.1, 0.15) is 6.04 Å². The number of hydrogen-bond donors (Lipinski definition) is 0. The van der Waals surface area contributed by atoms with Gasteiger partial charge in [-0.2, -0.15) is 0 Å². The molecule has 8 heavy (non-hydrogen) atoms. The van der Waals surface area contributed by atoms with Crippen LogP contribution in [0.15, 0.2) is 10.1 Å². The molecule has 0 N–H and O–H groups in total. The average Bonchev–Trinajstić information content (AvgIpc) is 2.12. The number of nitrogens with zero attached hydrogens (tertiary/aromatic N) is 3. The maximum Gasteiger partial charge on any atom is 0.303 e. The van der Waals surface area contributed by atoms with Crippen molar-refractivity contribution in [2.45, 2.75) is 19.9 Å². The van der Waals surface area contributed by atoms with Gasteiger partial charge in [0.25, 0.3) is 6.67 Å². The van der Waals surface area contributed by atoms with Crippen molar-refractivity contribution in [2.24, 2.45) is 10.1 Å². The van der Waals surface area contributed by atoms with Crippen LogP contribution in [0.5, 0.6) is 0 Å². The van der Waals surface area contributed by atoms with Crippen LogP contribution in [0.3, 0.4) is 0 Å². The molecular formula is C5H10N3+. The van der Waals surface area contributed by atoms with E-state index in [4.69, 9.17) is 0 Å². The third-order valence-electron chi connectivity index (χ3n) is 1.04. The van der Waals surface area contributed by atoms with Crippen molar-refractivity contribution in [3.05, 3.63) is 0 Å². The predicted octanol–water partition coefficient (Wildman–Crippen LogP) is 0.859. The summed E-state index contributed by atoms with van der Waals surface area (Å²) in [7, 11) is 0. The Hall–Kier alpha value is -0.730. The van der Waals surface area contributed by atoms with Crippen LogP contribution in [-0.4, -0.2) is 23.7 Å². The van der Waals surface area contributed by atoms with E-state index in [1.807, 2.05) is 4.70 Å². The van der Waals surface area contributed by atoms with Crippen LogP contribution in [0, 0.1) is 0 Å². The molecule has 0 radical (unpaired) electrons. The van der Waals surface area contributed by atoms with Gasteiger partial charge in [0.05, 0.1) is 0 Å². The van der Waals surface area contributed by atoms with Crippen molar-refractivity contribution < 1.29 is 4.70 Å². The minimum absolute atomic E-state index is 0.459. The zero-order valence-corrected chi connectivity index (χ0v) is 5.20. The predicted molar refractivity (Wildman–Crippen MR) is 31.2 cm³/mol. The Balaban J connectivity index is 2.58. The topological polar surface area (TPSA) is 27.7 Å². The molecule has 44 valence electrons. The first-order chi connectivity index (χ1) is 3.80. The molecule has 0 spiro atoms. The lowest BCUT2D eigenvalue weighted by atomic mass is 10.4. The Morgan fingerprint density at radius 1 is 1.62 bits per heavy atom. The van der Waals surface area contributed by atoms with E-state index in [-0.39, 0.29) is 0 Å². The Kier molecular flexibility index (Phi) is 1.37. The van der Waals surface area contributed by atoms with Crippen LogP contribution in [-0.2, 0) is 0 Å². The third kappa shape index (κ3) is 0.911. The van der Waals surface area contributed by atoms with E-state index in [2.05, 4.69) is 24.0 Å². The van der Waals surface area contributed by atoms with Crippen LogP contribution in [0.4, 0.5) is 0 Å². The highest BCUT2D eigenvalue weighted by Gasteiger charge is 2.09. The lowest BCUT2D eigenvalue weighted by molar-refractivity contribution is -0.501. The van der Waals surface area contributed by atoms with Gasteiger partial charge in [-0.25, -0.2) is 0 Å². The smallest absolute Gasteiger partial charge is 0.136 e. The van der Waals surface area contributed by atoms with Gasteiger partial charge in [0.15, 0.2) is 0 Å². The minimum atomic E-state index is 0.459. The van der Waals surface area contributed by atoms with Crippen molar-refractivity contribution in [1.82, 2.24) is 0 Å². The van der Waals surface area contributed by atoms with E-state index in [0.29, 0.717) is 12.7 Å². The average molecular weight is 112 g/mol. The quantitative estimate of drug-likeness (QED) is 0.450. The molecule has 0 aromatic heterocycles. The van der Waals surface area contributed by atoms with Crippen LogP contribution < -0.4 is 0 Å². The molecule has 0 aliphatic carbocycles. The molecule has 0 saturated carbocycles. The minimum Gasteiger partial charge on any atom is -0.136 e. The van der Waals surface area contributed by atoms with E-state index < -0.39 is 0 Å². The molecule has 0 saturated heterocycles. The Morgan fingerprint density at radius 2 is 2.38 bits per heavy atom. The SMILES string of the molecule is CC(C)[N+]1=NCN=C1. The standard InChI is InChI=1S/C5H10N3/c1-5(2)8-4-6-3-7-8/h4-5H,3H2,1-2H3/q+1. The molecule has 0 atom stereocenters. The highest BCUT2D eigenvalue weighted by Crippen LogP contribution is 1.92. The first kappa shape index (κ1) is 5.41. The van der Waals surface area contributed by atoms with Crippen molar-refractivity contribution in [3.8, 4) is 0 Å². The van der Waals surface area contributed by atoms with Gasteiger partial charge in [-0.1, -0.05) is 10.1 Å². The van der Waals surface area contributed by atoms with Crippen LogP contribution in [0.1, 0.15) is 13.8 Å². The molecule has 1 aliphatic rings. The fourth-order valence-corrected chi connectivity index (χ4v) is 0.563. The highest BCUT2D eigenvalue weighted by atomic mass is 15.4. The van der Waals surface area contributed by atoms with Crippen molar-refractivity contribution in [3.63, 3.8) is 0 Å². The van der Waals surface area contributed by atoms with Gasteiger partial charge in [-0.05, 0) is 13.8 Å². The van der Waals surface area contributed by atoms with Crippen LogP contribution in [0.25, 0.3) is 0 Å². The Bertz CT molecular complexity index is 135. The summed E-state index contributed by atoms with van der Waals surface area (Å²) in [5.41, 5.74) is 0. The molecule has 3 heteroatoms. The maximum absolute atomic E-state index is 4.05. The van der Waals surface area contributed by atoms with E-state index in [1.165, 1.54) is 0 Å². The fraction of sp³-hybridized carbons (Fsp3) is 0.800. The molecule has 0 unspecified atom stereocenters. The summed E-state index contributed by atoms with van der Waals surface area (Å²) >= 11 is 0. The second-order valence-corrected chi connectivity index (χ2v) is 2.05. The van der Waals surface area contributed by atoms with Crippen molar-refractivity contribution >= 4 is 6.34 Å². The van der Waals surface area contributed by atoms with Gasteiger partial charge in [0.2, 0.25) is 0 Å². The van der Waals surface area contributed by atoms with E-state index >= 15 is 0 Å². The summed E-state index contributed by atoms with van der Waals surface area (Å²) in [4.78, 5) is 3.92. The molecule has 0 bridgehead atoms. The third-order valence-corrected chi connectivity index (χ3v) is 1.04. The van der Waals surface area contributed by atoms with Gasteiger partial charge in [-0.15, -0.1) is 4.70 Å². The normalized spacial score (nSPS) is 17.6. The molecule has 1 aliphatic heterocycles. The van der Waals surface area contributed by atoms with E-state index in [1.54, 1.807) is 6.34 Å². The Morgan fingerprint density at radius 3 is 2.62 bits per heavy atom. The van der Waals surface area contributed by atoms with Crippen molar-refractivity contribution in [1.29, 1.82) is 0 Å². The number of rotatable bonds is 1. The van der Waals surface area contributed by atoms with E-state index in [9.17, 15) is 0 Å². The van der Waals surface area contributed by atoms with Crippen LogP contribution >= 0.6 is 0 Å². The molecule has 0 fully saturated rings. The second kappa shape index (κ2) is 2.03. The number of azo groups is 2. The first-order valence-corrected chi connectivity index (χ1v) is 2.76. The molecule has 0 aromatic rings. The Labute approximate surface area is 48.7 Å². The summed E-state index contributed by atoms with van der Waals surface area (Å²) in [6.45, 7) is 4.78.